The molecule has 1 amide bonds. The maximum atomic E-state index is 12.3. The summed E-state index contributed by atoms with van der Waals surface area (Å²) in [7, 11) is 4.05. The number of piperidine rings is 1. The zero-order valence-electron chi connectivity index (χ0n) is 13.4. The number of nitrogens with zero attached hydrogens (tertiary/aromatic N) is 2. The molecule has 2 rings (SSSR count). The van der Waals surface area contributed by atoms with Crippen molar-refractivity contribution >= 4 is 11.6 Å². The zero-order valence-corrected chi connectivity index (χ0v) is 13.4. The van der Waals surface area contributed by atoms with Crippen LogP contribution in [0.25, 0.3) is 0 Å². The summed E-state index contributed by atoms with van der Waals surface area (Å²) in [5, 5.41) is 3.08. The maximum Gasteiger partial charge on any atom is 0.226 e. The fourth-order valence-electron chi connectivity index (χ4n) is 3.05. The molecule has 0 aliphatic carbocycles. The molecule has 1 aromatic carbocycles. The predicted octanol–water partition coefficient (Wildman–Crippen LogP) is 1.97. The van der Waals surface area contributed by atoms with E-state index < -0.39 is 0 Å². The topological polar surface area (TPSA) is 35.6 Å². The van der Waals surface area contributed by atoms with Gasteiger partial charge in [0.1, 0.15) is 0 Å². The molecule has 0 radical (unpaired) electrons. The minimum absolute atomic E-state index is 0.0680. The minimum Gasteiger partial charge on any atom is -0.371 e. The summed E-state index contributed by atoms with van der Waals surface area (Å²) in [6.45, 7) is 4.49. The van der Waals surface area contributed by atoms with Crippen molar-refractivity contribution in [3.8, 4) is 0 Å². The Morgan fingerprint density at radius 2 is 1.95 bits per heavy atom. The van der Waals surface area contributed by atoms with Crippen LogP contribution in [0.3, 0.4) is 0 Å². The van der Waals surface area contributed by atoms with Crippen LogP contribution in [0.4, 0.5) is 5.69 Å². The van der Waals surface area contributed by atoms with Gasteiger partial charge in [0.05, 0.1) is 0 Å². The van der Waals surface area contributed by atoms with Gasteiger partial charge in [0.25, 0.3) is 0 Å². The Morgan fingerprint density at radius 1 is 1.33 bits per heavy atom. The van der Waals surface area contributed by atoms with Crippen LogP contribution in [0.15, 0.2) is 30.3 Å². The molecule has 1 aliphatic heterocycles. The molecule has 1 atom stereocenters. The molecule has 1 aliphatic rings. The Kier molecular flexibility index (Phi) is 5.62. The van der Waals surface area contributed by atoms with Crippen molar-refractivity contribution in [1.29, 1.82) is 0 Å². The molecule has 21 heavy (non-hydrogen) atoms. The third kappa shape index (κ3) is 3.97. The minimum atomic E-state index is 0.0680. The van der Waals surface area contributed by atoms with Crippen LogP contribution >= 0.6 is 0 Å². The number of hydrogen-bond donors (Lipinski definition) is 1. The van der Waals surface area contributed by atoms with E-state index in [0.717, 1.165) is 32.5 Å². The number of likely N-dealkylation sites (tertiary alicyclic amines) is 1. The average Bonchev–Trinajstić information content (AvgIpc) is 2.54. The molecule has 4 nitrogen and oxygen atoms in total. The Morgan fingerprint density at radius 3 is 2.52 bits per heavy atom. The van der Waals surface area contributed by atoms with Crippen LogP contribution in [-0.2, 0) is 4.79 Å². The largest absolute Gasteiger partial charge is 0.371 e. The van der Waals surface area contributed by atoms with Crippen LogP contribution < -0.4 is 10.2 Å². The highest BCUT2D eigenvalue weighted by Gasteiger charge is 2.27. The third-order valence-corrected chi connectivity index (χ3v) is 4.42. The summed E-state index contributed by atoms with van der Waals surface area (Å²) >= 11 is 0. The lowest BCUT2D eigenvalue weighted by molar-refractivity contribution is -0.135. The number of benzene rings is 1. The van der Waals surface area contributed by atoms with Crippen LogP contribution in [-0.4, -0.2) is 50.6 Å². The highest BCUT2D eigenvalue weighted by atomic mass is 16.2. The second-order valence-electron chi connectivity index (χ2n) is 5.96. The van der Waals surface area contributed by atoms with Crippen molar-refractivity contribution in [3.63, 3.8) is 0 Å². The monoisotopic (exact) mass is 289 g/mol. The molecule has 4 heteroatoms. The van der Waals surface area contributed by atoms with Crippen molar-refractivity contribution in [1.82, 2.24) is 10.2 Å². The molecule has 1 saturated heterocycles. The van der Waals surface area contributed by atoms with E-state index in [9.17, 15) is 4.79 Å². The molecule has 0 aromatic heterocycles. The molecule has 1 N–H and O–H groups in total. The summed E-state index contributed by atoms with van der Waals surface area (Å²) in [5.74, 6) is 0.351. The Balaban J connectivity index is 1.87. The van der Waals surface area contributed by atoms with Crippen LogP contribution in [0.1, 0.15) is 19.8 Å². The lowest BCUT2D eigenvalue weighted by atomic mass is 10.0. The molecule has 1 fully saturated rings. The van der Waals surface area contributed by atoms with E-state index in [1.807, 2.05) is 24.9 Å². The van der Waals surface area contributed by atoms with E-state index in [-0.39, 0.29) is 11.8 Å². The van der Waals surface area contributed by atoms with Gasteiger partial charge in [0.2, 0.25) is 5.91 Å². The smallest absolute Gasteiger partial charge is 0.226 e. The molecule has 0 saturated carbocycles. The van der Waals surface area contributed by atoms with Crippen molar-refractivity contribution in [3.05, 3.63) is 30.3 Å². The van der Waals surface area contributed by atoms with Gasteiger partial charge in [-0.2, -0.15) is 0 Å². The normalized spacial score (nSPS) is 17.6. The number of para-hydroxylation sites is 1. The first-order valence-electron chi connectivity index (χ1n) is 7.84. The summed E-state index contributed by atoms with van der Waals surface area (Å²) in [6.07, 6.45) is 2.09. The van der Waals surface area contributed by atoms with Gasteiger partial charge in [-0.3, -0.25) is 4.79 Å². The SMILES string of the molecule is CNCC(C)C(=O)N1CCC(N(C)c2ccccc2)CC1. The quantitative estimate of drug-likeness (QED) is 0.900. The fraction of sp³-hybridized carbons (Fsp3) is 0.588. The van der Waals surface area contributed by atoms with Gasteiger partial charge in [-0.05, 0) is 32.0 Å². The van der Waals surface area contributed by atoms with Crippen molar-refractivity contribution < 1.29 is 4.79 Å². The number of amides is 1. The first kappa shape index (κ1) is 15.8. The van der Waals surface area contributed by atoms with Gasteiger partial charge in [0, 0.05) is 44.3 Å². The number of rotatable bonds is 5. The highest BCUT2D eigenvalue weighted by Crippen LogP contribution is 2.22. The summed E-state index contributed by atoms with van der Waals surface area (Å²) in [4.78, 5) is 16.7. The molecular weight excluding hydrogens is 262 g/mol. The Bertz CT molecular complexity index is 441. The van der Waals surface area contributed by atoms with Gasteiger partial charge < -0.3 is 15.1 Å². The van der Waals surface area contributed by atoms with Crippen molar-refractivity contribution in [2.24, 2.45) is 5.92 Å². The summed E-state index contributed by atoms with van der Waals surface area (Å²) < 4.78 is 0. The maximum absolute atomic E-state index is 12.3. The van der Waals surface area contributed by atoms with Gasteiger partial charge in [0.15, 0.2) is 0 Å². The fourth-order valence-corrected chi connectivity index (χ4v) is 3.05. The lowest BCUT2D eigenvalue weighted by Crippen LogP contribution is -2.48. The standard InChI is InChI=1S/C17H27N3O/c1-14(13-18-2)17(21)20-11-9-16(10-12-20)19(3)15-7-5-4-6-8-15/h4-8,14,16,18H,9-13H2,1-3H3. The Labute approximate surface area is 128 Å². The van der Waals surface area contributed by atoms with E-state index in [2.05, 4.69) is 41.5 Å². The molecule has 1 aromatic rings. The van der Waals surface area contributed by atoms with Gasteiger partial charge in [-0.25, -0.2) is 0 Å². The second-order valence-corrected chi connectivity index (χ2v) is 5.96. The molecule has 0 bridgehead atoms. The van der Waals surface area contributed by atoms with Gasteiger partial charge in [-0.1, -0.05) is 25.1 Å². The van der Waals surface area contributed by atoms with E-state index in [0.29, 0.717) is 6.04 Å². The van der Waals surface area contributed by atoms with E-state index in [4.69, 9.17) is 0 Å². The summed E-state index contributed by atoms with van der Waals surface area (Å²) in [5.41, 5.74) is 1.26. The number of carbonyl (C=O) groups is 1. The van der Waals surface area contributed by atoms with Gasteiger partial charge >= 0.3 is 0 Å². The molecule has 0 spiro atoms. The summed E-state index contributed by atoms with van der Waals surface area (Å²) in [6, 6.07) is 11.0. The molecule has 1 heterocycles. The average molecular weight is 289 g/mol. The number of carbonyl (C=O) groups excluding carboxylic acids is 1. The molecule has 116 valence electrons. The molecular formula is C17H27N3O. The predicted molar refractivity (Wildman–Crippen MR) is 87.5 cm³/mol. The lowest BCUT2D eigenvalue weighted by Gasteiger charge is -2.38. The zero-order chi connectivity index (χ0) is 15.2. The van der Waals surface area contributed by atoms with Crippen LogP contribution in [0.5, 0.6) is 0 Å². The number of hydrogen-bond acceptors (Lipinski definition) is 3. The van der Waals surface area contributed by atoms with Crippen LogP contribution in [0.2, 0.25) is 0 Å². The third-order valence-electron chi connectivity index (χ3n) is 4.42. The van der Waals surface area contributed by atoms with Crippen molar-refractivity contribution in [2.45, 2.75) is 25.8 Å². The Hall–Kier alpha value is -1.55. The molecule has 1 unspecified atom stereocenters. The highest BCUT2D eigenvalue weighted by molar-refractivity contribution is 5.78. The van der Waals surface area contributed by atoms with Crippen molar-refractivity contribution in [2.75, 3.05) is 38.6 Å². The first-order chi connectivity index (χ1) is 10.1. The second kappa shape index (κ2) is 7.46. The van der Waals surface area contributed by atoms with E-state index in [1.54, 1.807) is 0 Å². The number of nitrogens with one attached hydrogen (secondary N) is 1. The van der Waals surface area contributed by atoms with Crippen LogP contribution in [0, 0.1) is 5.92 Å². The van der Waals surface area contributed by atoms with Gasteiger partial charge in [-0.15, -0.1) is 0 Å². The first-order valence-corrected chi connectivity index (χ1v) is 7.84. The van der Waals surface area contributed by atoms with E-state index >= 15 is 0 Å². The van der Waals surface area contributed by atoms with E-state index in [1.165, 1.54) is 5.69 Å². The number of anilines is 1.